The van der Waals surface area contributed by atoms with Crippen LogP contribution >= 0.6 is 15.9 Å². The van der Waals surface area contributed by atoms with Crippen molar-refractivity contribution in [2.24, 2.45) is 7.05 Å². The molecule has 0 aliphatic carbocycles. The summed E-state index contributed by atoms with van der Waals surface area (Å²) in [7, 11) is 1.71. The van der Waals surface area contributed by atoms with Crippen molar-refractivity contribution < 1.29 is 18.7 Å². The number of aryl methyl sites for hydroxylation is 1. The quantitative estimate of drug-likeness (QED) is 0.772. The molecule has 0 saturated heterocycles. The summed E-state index contributed by atoms with van der Waals surface area (Å²) in [5.74, 6) is -0.322. The van der Waals surface area contributed by atoms with E-state index < -0.39 is 5.97 Å². The van der Waals surface area contributed by atoms with Gasteiger partial charge in [-0.15, -0.1) is 0 Å². The molecule has 0 N–H and O–H groups in total. The minimum atomic E-state index is -0.442. The van der Waals surface area contributed by atoms with Crippen molar-refractivity contribution in [1.29, 1.82) is 0 Å². The van der Waals surface area contributed by atoms with Gasteiger partial charge in [0, 0.05) is 7.05 Å². The van der Waals surface area contributed by atoms with Gasteiger partial charge >= 0.3 is 5.97 Å². The first-order valence-electron chi connectivity index (χ1n) is 6.28. The second-order valence-corrected chi connectivity index (χ2v) is 5.07. The van der Waals surface area contributed by atoms with E-state index in [0.29, 0.717) is 21.5 Å². The molecule has 0 amide bonds. The van der Waals surface area contributed by atoms with Crippen LogP contribution < -0.4 is 4.74 Å². The summed E-state index contributed by atoms with van der Waals surface area (Å²) in [6, 6.07) is 4.13. The van der Waals surface area contributed by atoms with Crippen LogP contribution in [0.15, 0.2) is 28.9 Å². The molecule has 0 aliphatic rings. The highest BCUT2D eigenvalue weighted by atomic mass is 79.9. The Kier molecular flexibility index (Phi) is 4.95. The van der Waals surface area contributed by atoms with Crippen molar-refractivity contribution in [1.82, 2.24) is 9.78 Å². The van der Waals surface area contributed by atoms with E-state index in [-0.39, 0.29) is 19.0 Å². The normalized spacial score (nSPS) is 10.5. The number of benzene rings is 1. The first-order chi connectivity index (χ1) is 10.0. The molecule has 0 radical (unpaired) electrons. The van der Waals surface area contributed by atoms with Gasteiger partial charge in [0.1, 0.15) is 23.7 Å². The molecule has 0 bridgehead atoms. The monoisotopic (exact) mass is 356 g/mol. The van der Waals surface area contributed by atoms with Gasteiger partial charge in [0.15, 0.2) is 0 Å². The predicted octanol–water partition coefficient (Wildman–Crippen LogP) is 3.08. The number of carbonyl (C=O) groups is 1. The minimum absolute atomic E-state index is 0.120. The Morgan fingerprint density at radius 2 is 2.24 bits per heavy atom. The van der Waals surface area contributed by atoms with E-state index >= 15 is 0 Å². The summed E-state index contributed by atoms with van der Waals surface area (Å²) in [6.45, 7) is 2.15. The lowest BCUT2D eigenvalue weighted by Crippen LogP contribution is -2.11. The van der Waals surface area contributed by atoms with E-state index in [1.165, 1.54) is 24.4 Å². The van der Waals surface area contributed by atoms with Crippen LogP contribution in [0.4, 0.5) is 4.39 Å². The second-order valence-electron chi connectivity index (χ2n) is 4.21. The molecule has 0 atom stereocenters. The van der Waals surface area contributed by atoms with Gasteiger partial charge in [-0.25, -0.2) is 9.18 Å². The number of aromatic nitrogens is 2. The number of hydrogen-bond acceptors (Lipinski definition) is 4. The fraction of sp³-hybridized carbons (Fsp3) is 0.286. The maximum atomic E-state index is 13.0. The SMILES string of the molecule is CCOC(=O)c1cnn(C)c1COc1ccc(F)cc1Br. The lowest BCUT2D eigenvalue weighted by Gasteiger charge is -2.10. The largest absolute Gasteiger partial charge is 0.486 e. The van der Waals surface area contributed by atoms with Gasteiger partial charge in [-0.3, -0.25) is 4.68 Å². The van der Waals surface area contributed by atoms with Gasteiger partial charge in [-0.05, 0) is 41.1 Å². The molecule has 0 unspecified atom stereocenters. The summed E-state index contributed by atoms with van der Waals surface area (Å²) >= 11 is 3.22. The van der Waals surface area contributed by atoms with E-state index in [9.17, 15) is 9.18 Å². The lowest BCUT2D eigenvalue weighted by molar-refractivity contribution is 0.0523. The third kappa shape index (κ3) is 3.60. The van der Waals surface area contributed by atoms with Gasteiger partial charge in [-0.1, -0.05) is 0 Å². The van der Waals surface area contributed by atoms with Crippen molar-refractivity contribution in [2.75, 3.05) is 6.61 Å². The Balaban J connectivity index is 2.16. The van der Waals surface area contributed by atoms with E-state index in [1.807, 2.05) is 0 Å². The maximum absolute atomic E-state index is 13.0. The van der Waals surface area contributed by atoms with Crippen molar-refractivity contribution >= 4 is 21.9 Å². The van der Waals surface area contributed by atoms with Crippen LogP contribution in [0.3, 0.4) is 0 Å². The van der Waals surface area contributed by atoms with Gasteiger partial charge in [0.2, 0.25) is 0 Å². The van der Waals surface area contributed by atoms with Crippen LogP contribution in [-0.2, 0) is 18.4 Å². The van der Waals surface area contributed by atoms with Crippen LogP contribution in [0.5, 0.6) is 5.75 Å². The Hall–Kier alpha value is -1.89. The number of carbonyl (C=O) groups excluding carboxylic acids is 1. The average molecular weight is 357 g/mol. The summed E-state index contributed by atoms with van der Waals surface area (Å²) < 4.78 is 25.6. The first kappa shape index (κ1) is 15.5. The molecular weight excluding hydrogens is 343 g/mol. The summed E-state index contributed by atoms with van der Waals surface area (Å²) in [4.78, 5) is 11.8. The van der Waals surface area contributed by atoms with E-state index in [1.54, 1.807) is 18.7 Å². The Morgan fingerprint density at radius 1 is 1.48 bits per heavy atom. The zero-order valence-electron chi connectivity index (χ0n) is 11.6. The fourth-order valence-electron chi connectivity index (χ4n) is 1.75. The smallest absolute Gasteiger partial charge is 0.341 e. The molecular formula is C14H14BrFN2O3. The van der Waals surface area contributed by atoms with Crippen molar-refractivity contribution in [2.45, 2.75) is 13.5 Å². The second kappa shape index (κ2) is 6.71. The molecule has 5 nitrogen and oxygen atoms in total. The van der Waals surface area contributed by atoms with Crippen LogP contribution in [0, 0.1) is 5.82 Å². The molecule has 1 aromatic carbocycles. The zero-order valence-corrected chi connectivity index (χ0v) is 13.2. The topological polar surface area (TPSA) is 53.3 Å². The average Bonchev–Trinajstić information content (AvgIpc) is 2.79. The Labute approximate surface area is 129 Å². The Morgan fingerprint density at radius 3 is 2.90 bits per heavy atom. The molecule has 2 rings (SSSR count). The van der Waals surface area contributed by atoms with Crippen molar-refractivity contribution in [3.63, 3.8) is 0 Å². The molecule has 0 saturated carbocycles. The highest BCUT2D eigenvalue weighted by Crippen LogP contribution is 2.26. The molecule has 2 aromatic rings. The van der Waals surface area contributed by atoms with Crippen molar-refractivity contribution in [3.8, 4) is 5.75 Å². The van der Waals surface area contributed by atoms with Crippen LogP contribution in [0.1, 0.15) is 23.0 Å². The van der Waals surface area contributed by atoms with Gasteiger partial charge < -0.3 is 9.47 Å². The predicted molar refractivity (Wildman–Crippen MR) is 77.6 cm³/mol. The van der Waals surface area contributed by atoms with Crippen LogP contribution in [0.25, 0.3) is 0 Å². The third-order valence-corrected chi connectivity index (χ3v) is 3.43. The molecule has 1 aromatic heterocycles. The molecule has 21 heavy (non-hydrogen) atoms. The molecule has 112 valence electrons. The van der Waals surface area contributed by atoms with Gasteiger partial charge in [0.05, 0.1) is 23.0 Å². The molecule has 1 heterocycles. The Bertz CT molecular complexity index is 658. The standard InChI is InChI=1S/C14H14BrFN2O3/c1-3-20-14(19)10-7-17-18(2)12(10)8-21-13-5-4-9(16)6-11(13)15/h4-7H,3,8H2,1-2H3. The summed E-state index contributed by atoms with van der Waals surface area (Å²) in [6.07, 6.45) is 1.44. The summed E-state index contributed by atoms with van der Waals surface area (Å²) in [5, 5.41) is 4.03. The fourth-order valence-corrected chi connectivity index (χ4v) is 2.22. The van der Waals surface area contributed by atoms with Crippen LogP contribution in [-0.4, -0.2) is 22.4 Å². The third-order valence-electron chi connectivity index (χ3n) is 2.82. The van der Waals surface area contributed by atoms with Gasteiger partial charge in [0.25, 0.3) is 0 Å². The van der Waals surface area contributed by atoms with E-state index in [4.69, 9.17) is 9.47 Å². The van der Waals surface area contributed by atoms with E-state index in [2.05, 4.69) is 21.0 Å². The van der Waals surface area contributed by atoms with Gasteiger partial charge in [-0.2, -0.15) is 5.10 Å². The minimum Gasteiger partial charge on any atom is -0.486 e. The molecule has 7 heteroatoms. The lowest BCUT2D eigenvalue weighted by atomic mass is 10.2. The number of hydrogen-bond donors (Lipinski definition) is 0. The molecule has 0 aliphatic heterocycles. The highest BCUT2D eigenvalue weighted by Gasteiger charge is 2.18. The zero-order chi connectivity index (χ0) is 15.4. The highest BCUT2D eigenvalue weighted by molar-refractivity contribution is 9.10. The number of rotatable bonds is 5. The maximum Gasteiger partial charge on any atom is 0.341 e. The molecule has 0 fully saturated rings. The van der Waals surface area contributed by atoms with E-state index in [0.717, 1.165) is 0 Å². The number of nitrogens with zero attached hydrogens (tertiary/aromatic N) is 2. The summed E-state index contributed by atoms with van der Waals surface area (Å²) in [5.41, 5.74) is 0.947. The van der Waals surface area contributed by atoms with Crippen molar-refractivity contribution in [3.05, 3.63) is 45.9 Å². The first-order valence-corrected chi connectivity index (χ1v) is 7.08. The molecule has 0 spiro atoms. The van der Waals surface area contributed by atoms with Crippen LogP contribution in [0.2, 0.25) is 0 Å². The number of ether oxygens (including phenoxy) is 2. The number of esters is 1. The number of halogens is 2.